The molecule has 1 fully saturated rings. The van der Waals surface area contributed by atoms with Gasteiger partial charge in [0.2, 0.25) is 10.0 Å². The molecular weight excluding hydrogens is 376 g/mol. The molecule has 1 amide bonds. The minimum absolute atomic E-state index is 0.0926. The first-order chi connectivity index (χ1) is 13.3. The highest BCUT2D eigenvalue weighted by atomic mass is 32.2. The smallest absolute Gasteiger partial charge is 0.255 e. The summed E-state index contributed by atoms with van der Waals surface area (Å²) >= 11 is 0. The van der Waals surface area contributed by atoms with Crippen molar-refractivity contribution in [3.63, 3.8) is 0 Å². The summed E-state index contributed by atoms with van der Waals surface area (Å²) in [7, 11) is -3.67. The zero-order valence-corrected chi connectivity index (χ0v) is 17.3. The van der Waals surface area contributed by atoms with Gasteiger partial charge in [0, 0.05) is 24.3 Å². The quantitative estimate of drug-likeness (QED) is 0.799. The number of aryl methyl sites for hydroxylation is 2. The van der Waals surface area contributed by atoms with Gasteiger partial charge in [-0.05, 0) is 63.4 Å². The molecule has 3 rings (SSSR count). The van der Waals surface area contributed by atoms with E-state index in [1.807, 2.05) is 39.0 Å². The van der Waals surface area contributed by atoms with Crippen LogP contribution >= 0.6 is 0 Å². The number of carbonyl (C=O) groups excluding carboxylic acids is 1. The molecule has 0 atom stereocenters. The SMILES string of the molecule is CCOc1ccc(NC(=O)c2cc(C)ccc2C)cc1S(=O)(=O)N1CCCC1. The van der Waals surface area contributed by atoms with Crippen LogP contribution in [-0.4, -0.2) is 38.3 Å². The van der Waals surface area contributed by atoms with Gasteiger partial charge in [-0.15, -0.1) is 0 Å². The Hall–Kier alpha value is -2.38. The number of amides is 1. The number of rotatable bonds is 6. The molecule has 6 nitrogen and oxygen atoms in total. The molecule has 0 bridgehead atoms. The molecule has 2 aromatic carbocycles. The number of sulfonamides is 1. The average molecular weight is 403 g/mol. The molecule has 1 aliphatic heterocycles. The third-order valence-corrected chi connectivity index (χ3v) is 6.74. The largest absolute Gasteiger partial charge is 0.492 e. The van der Waals surface area contributed by atoms with Crippen LogP contribution in [0, 0.1) is 13.8 Å². The molecular formula is C21H26N2O4S. The van der Waals surface area contributed by atoms with E-state index in [1.54, 1.807) is 12.1 Å². The molecule has 0 aromatic heterocycles. The van der Waals surface area contributed by atoms with Gasteiger partial charge in [-0.25, -0.2) is 8.42 Å². The van der Waals surface area contributed by atoms with E-state index in [1.165, 1.54) is 10.4 Å². The molecule has 7 heteroatoms. The molecule has 2 aromatic rings. The number of ether oxygens (including phenoxy) is 1. The predicted octanol–water partition coefficient (Wildman–Crippen LogP) is 3.74. The second kappa shape index (κ2) is 8.32. The minimum Gasteiger partial charge on any atom is -0.492 e. The Kier molecular flexibility index (Phi) is 6.05. The molecule has 1 heterocycles. The van der Waals surface area contributed by atoms with Gasteiger partial charge in [-0.3, -0.25) is 4.79 Å². The van der Waals surface area contributed by atoms with Gasteiger partial charge >= 0.3 is 0 Å². The van der Waals surface area contributed by atoms with Crippen molar-refractivity contribution in [2.45, 2.75) is 38.5 Å². The minimum atomic E-state index is -3.67. The summed E-state index contributed by atoms with van der Waals surface area (Å²) in [5.74, 6) is 0.0361. The van der Waals surface area contributed by atoms with Crippen LogP contribution < -0.4 is 10.1 Å². The average Bonchev–Trinajstić information content (AvgIpc) is 3.20. The van der Waals surface area contributed by atoms with Crippen molar-refractivity contribution in [1.29, 1.82) is 0 Å². The second-order valence-corrected chi connectivity index (χ2v) is 8.88. The Balaban J connectivity index is 1.94. The predicted molar refractivity (Wildman–Crippen MR) is 109 cm³/mol. The van der Waals surface area contributed by atoms with E-state index in [2.05, 4.69) is 5.32 Å². The van der Waals surface area contributed by atoms with Crippen LogP contribution in [0.25, 0.3) is 0 Å². The summed E-state index contributed by atoms with van der Waals surface area (Å²) in [5.41, 5.74) is 2.84. The number of nitrogens with zero attached hydrogens (tertiary/aromatic N) is 1. The fraction of sp³-hybridized carbons (Fsp3) is 0.381. The van der Waals surface area contributed by atoms with E-state index in [4.69, 9.17) is 4.74 Å². The number of benzene rings is 2. The highest BCUT2D eigenvalue weighted by molar-refractivity contribution is 7.89. The van der Waals surface area contributed by atoms with E-state index in [-0.39, 0.29) is 10.8 Å². The topological polar surface area (TPSA) is 75.7 Å². The zero-order chi connectivity index (χ0) is 20.3. The van der Waals surface area contributed by atoms with Crippen molar-refractivity contribution in [2.24, 2.45) is 0 Å². The van der Waals surface area contributed by atoms with E-state index in [9.17, 15) is 13.2 Å². The Labute approximate surface area is 166 Å². The van der Waals surface area contributed by atoms with Gasteiger partial charge in [0.15, 0.2) is 0 Å². The first kappa shape index (κ1) is 20.4. The third kappa shape index (κ3) is 4.20. The van der Waals surface area contributed by atoms with Crippen molar-refractivity contribution in [3.8, 4) is 5.75 Å². The van der Waals surface area contributed by atoms with Crippen molar-refractivity contribution >= 4 is 21.6 Å². The lowest BCUT2D eigenvalue weighted by Crippen LogP contribution is -2.28. The van der Waals surface area contributed by atoms with Crippen molar-refractivity contribution in [2.75, 3.05) is 25.0 Å². The van der Waals surface area contributed by atoms with Gasteiger partial charge in [0.05, 0.1) is 6.61 Å². The Morgan fingerprint density at radius 2 is 1.82 bits per heavy atom. The van der Waals surface area contributed by atoms with E-state index in [0.717, 1.165) is 24.0 Å². The molecule has 0 spiro atoms. The maximum atomic E-state index is 13.1. The highest BCUT2D eigenvalue weighted by Crippen LogP contribution is 2.32. The number of hydrogen-bond acceptors (Lipinski definition) is 4. The molecule has 0 unspecified atom stereocenters. The van der Waals surface area contributed by atoms with E-state index < -0.39 is 10.0 Å². The van der Waals surface area contributed by atoms with Crippen molar-refractivity contribution in [1.82, 2.24) is 4.31 Å². The number of anilines is 1. The maximum Gasteiger partial charge on any atom is 0.255 e. The Morgan fingerprint density at radius 3 is 2.50 bits per heavy atom. The standard InChI is InChI=1S/C21H26N2O4S/c1-4-27-19-10-9-17(14-20(19)28(25,26)23-11-5-6-12-23)22-21(24)18-13-15(2)7-8-16(18)3/h7-10,13-14H,4-6,11-12H2,1-3H3,(H,22,24). The van der Waals surface area contributed by atoms with Gasteiger partial charge < -0.3 is 10.1 Å². The summed E-state index contributed by atoms with van der Waals surface area (Å²) < 4.78 is 33.2. The lowest BCUT2D eigenvalue weighted by atomic mass is 10.1. The summed E-state index contributed by atoms with van der Waals surface area (Å²) in [6.45, 7) is 6.97. The van der Waals surface area contributed by atoms with Crippen LogP contribution in [0.4, 0.5) is 5.69 Å². The molecule has 1 aliphatic rings. The van der Waals surface area contributed by atoms with Crippen molar-refractivity contribution < 1.29 is 17.9 Å². The third-order valence-electron chi connectivity index (χ3n) is 4.82. The van der Waals surface area contributed by atoms with Crippen LogP contribution in [0.1, 0.15) is 41.3 Å². The van der Waals surface area contributed by atoms with Gasteiger partial charge in [0.1, 0.15) is 10.6 Å². The highest BCUT2D eigenvalue weighted by Gasteiger charge is 2.30. The summed E-state index contributed by atoms with van der Waals surface area (Å²) in [5, 5.41) is 2.82. The van der Waals surface area contributed by atoms with Gasteiger partial charge in [0.25, 0.3) is 5.91 Å². The second-order valence-electron chi connectivity index (χ2n) is 6.98. The van der Waals surface area contributed by atoms with Crippen LogP contribution in [0.3, 0.4) is 0 Å². The fourth-order valence-electron chi connectivity index (χ4n) is 3.31. The molecule has 150 valence electrons. The summed E-state index contributed by atoms with van der Waals surface area (Å²) in [6.07, 6.45) is 1.71. The van der Waals surface area contributed by atoms with Gasteiger partial charge in [-0.2, -0.15) is 4.31 Å². The van der Waals surface area contributed by atoms with Crippen LogP contribution in [-0.2, 0) is 10.0 Å². The summed E-state index contributed by atoms with van der Waals surface area (Å²) in [4.78, 5) is 12.8. The number of carbonyl (C=O) groups is 1. The summed E-state index contributed by atoms with van der Waals surface area (Å²) in [6, 6.07) is 10.4. The van der Waals surface area contributed by atoms with E-state index >= 15 is 0 Å². The maximum absolute atomic E-state index is 13.1. The zero-order valence-electron chi connectivity index (χ0n) is 16.5. The molecule has 0 radical (unpaired) electrons. The first-order valence-corrected chi connectivity index (χ1v) is 10.9. The Bertz CT molecular complexity index is 980. The number of nitrogens with one attached hydrogen (secondary N) is 1. The first-order valence-electron chi connectivity index (χ1n) is 9.48. The normalized spacial score (nSPS) is 14.8. The van der Waals surface area contributed by atoms with Crippen molar-refractivity contribution in [3.05, 3.63) is 53.1 Å². The number of hydrogen-bond donors (Lipinski definition) is 1. The van der Waals surface area contributed by atoms with E-state index in [0.29, 0.717) is 36.7 Å². The molecule has 28 heavy (non-hydrogen) atoms. The molecule has 0 aliphatic carbocycles. The molecule has 1 N–H and O–H groups in total. The molecule has 1 saturated heterocycles. The fourth-order valence-corrected chi connectivity index (χ4v) is 4.98. The van der Waals surface area contributed by atoms with Gasteiger partial charge in [-0.1, -0.05) is 17.7 Å². The van der Waals surface area contributed by atoms with Crippen LogP contribution in [0.15, 0.2) is 41.3 Å². The van der Waals surface area contributed by atoms with Crippen LogP contribution in [0.2, 0.25) is 0 Å². The Morgan fingerprint density at radius 1 is 1.11 bits per heavy atom. The van der Waals surface area contributed by atoms with Crippen LogP contribution in [0.5, 0.6) is 5.75 Å². The lowest BCUT2D eigenvalue weighted by molar-refractivity contribution is 0.102. The molecule has 0 saturated carbocycles. The monoisotopic (exact) mass is 402 g/mol. The lowest BCUT2D eigenvalue weighted by Gasteiger charge is -2.19.